The normalized spacial score (nSPS) is 18.3. The van der Waals surface area contributed by atoms with Crippen molar-refractivity contribution in [2.24, 2.45) is 17.8 Å². The fourth-order valence-corrected chi connectivity index (χ4v) is 5.57. The van der Waals surface area contributed by atoms with Crippen LogP contribution in [0.4, 0.5) is 0 Å². The first kappa shape index (κ1) is 29.2. The number of rotatable bonds is 12. The van der Waals surface area contributed by atoms with Crippen LogP contribution in [0.25, 0.3) is 0 Å². The highest BCUT2D eigenvalue weighted by Gasteiger charge is 2.35. The minimum absolute atomic E-state index is 0.0974. The number of carbonyl (C=O) groups is 2. The van der Waals surface area contributed by atoms with Crippen molar-refractivity contribution in [1.29, 1.82) is 0 Å². The zero-order valence-corrected chi connectivity index (χ0v) is 22.2. The maximum Gasteiger partial charge on any atom is 0.251 e. The fourth-order valence-electron chi connectivity index (χ4n) is 4.05. The number of amides is 2. The van der Waals surface area contributed by atoms with Crippen LogP contribution in [-0.4, -0.2) is 72.6 Å². The summed E-state index contributed by atoms with van der Waals surface area (Å²) in [6.07, 6.45) is -0.687. The van der Waals surface area contributed by atoms with E-state index in [1.807, 2.05) is 27.7 Å². The summed E-state index contributed by atoms with van der Waals surface area (Å²) in [5.41, 5.74) is 0.239. The van der Waals surface area contributed by atoms with Gasteiger partial charge in [0.25, 0.3) is 5.91 Å². The Morgan fingerprint density at radius 1 is 0.943 bits per heavy atom. The van der Waals surface area contributed by atoms with E-state index in [4.69, 9.17) is 0 Å². The predicted molar refractivity (Wildman–Crippen MR) is 134 cm³/mol. The van der Waals surface area contributed by atoms with Crippen LogP contribution >= 0.6 is 0 Å². The molecular formula is C25H41N3O6S. The minimum atomic E-state index is -3.58. The van der Waals surface area contributed by atoms with E-state index in [1.165, 1.54) is 35.5 Å². The summed E-state index contributed by atoms with van der Waals surface area (Å²) in [7, 11) is -3.58. The molecule has 0 bridgehead atoms. The molecule has 1 aromatic rings. The minimum Gasteiger partial charge on any atom is -0.390 e. The van der Waals surface area contributed by atoms with Gasteiger partial charge < -0.3 is 20.8 Å². The lowest BCUT2D eigenvalue weighted by Gasteiger charge is -2.31. The van der Waals surface area contributed by atoms with Gasteiger partial charge >= 0.3 is 0 Å². The maximum absolute atomic E-state index is 12.9. The van der Waals surface area contributed by atoms with Crippen LogP contribution in [-0.2, 0) is 14.8 Å². The first-order chi connectivity index (χ1) is 16.3. The smallest absolute Gasteiger partial charge is 0.251 e. The van der Waals surface area contributed by atoms with Crippen molar-refractivity contribution in [3.8, 4) is 0 Å². The monoisotopic (exact) mass is 511 g/mol. The zero-order chi connectivity index (χ0) is 26.3. The van der Waals surface area contributed by atoms with E-state index in [0.717, 1.165) is 12.8 Å². The number of hydrogen-bond donors (Lipinski definition) is 4. The quantitative estimate of drug-likeness (QED) is 0.338. The Balaban J connectivity index is 2.10. The van der Waals surface area contributed by atoms with Crippen LogP contribution in [0.2, 0.25) is 0 Å². The Morgan fingerprint density at radius 3 is 2.03 bits per heavy atom. The lowest BCUT2D eigenvalue weighted by atomic mass is 9.89. The van der Waals surface area contributed by atoms with Gasteiger partial charge in [-0.05, 0) is 55.4 Å². The third-order valence-electron chi connectivity index (χ3n) is 6.23. The first-order valence-corrected chi connectivity index (χ1v) is 13.8. The van der Waals surface area contributed by atoms with Crippen molar-refractivity contribution in [3.05, 3.63) is 29.8 Å². The highest BCUT2D eigenvalue weighted by molar-refractivity contribution is 7.89. The van der Waals surface area contributed by atoms with E-state index in [1.54, 1.807) is 0 Å². The number of sulfonamides is 1. The van der Waals surface area contributed by atoms with Gasteiger partial charge in [0, 0.05) is 25.2 Å². The molecule has 4 unspecified atom stereocenters. The zero-order valence-electron chi connectivity index (χ0n) is 21.4. The Bertz CT molecular complexity index is 942. The van der Waals surface area contributed by atoms with Crippen LogP contribution in [0, 0.1) is 17.8 Å². The molecule has 1 aliphatic heterocycles. The van der Waals surface area contributed by atoms with Gasteiger partial charge in [-0.25, -0.2) is 8.42 Å². The van der Waals surface area contributed by atoms with Crippen molar-refractivity contribution in [3.63, 3.8) is 0 Å². The number of aliphatic hydroxyl groups excluding tert-OH is 2. The lowest BCUT2D eigenvalue weighted by Crippen LogP contribution is -2.53. The summed E-state index contributed by atoms with van der Waals surface area (Å²) in [5, 5.41) is 27.1. The Kier molecular flexibility index (Phi) is 10.7. The number of nitrogens with one attached hydrogen (secondary N) is 2. The SMILES string of the molecule is CC(C)CNC(=O)C(C)C(O)C(O)C(CC(C)C)NC(=O)c1ccc(S(=O)(=O)N2CCCC2)cc1. The average Bonchev–Trinajstić information content (AvgIpc) is 3.36. The molecule has 2 amide bonds. The molecule has 1 aromatic carbocycles. The van der Waals surface area contributed by atoms with Crippen molar-refractivity contribution < 1.29 is 28.2 Å². The van der Waals surface area contributed by atoms with Crippen molar-refractivity contribution in [1.82, 2.24) is 14.9 Å². The Morgan fingerprint density at radius 2 is 1.51 bits per heavy atom. The topological polar surface area (TPSA) is 136 Å². The summed E-state index contributed by atoms with van der Waals surface area (Å²) < 4.78 is 26.9. The summed E-state index contributed by atoms with van der Waals surface area (Å²) in [5.74, 6) is -1.39. The fraction of sp³-hybridized carbons (Fsp3) is 0.680. The standard InChI is InChI=1S/C25H41N3O6S/c1-16(2)14-21(23(30)22(29)18(5)24(31)26-15-17(3)4)27-25(32)19-8-10-20(11-9-19)35(33,34)28-12-6-7-13-28/h8-11,16-18,21-23,29-30H,6-7,12-15H2,1-5H3,(H,26,31)(H,27,32). The molecule has 0 spiro atoms. The molecule has 1 saturated heterocycles. The van der Waals surface area contributed by atoms with E-state index in [0.29, 0.717) is 26.1 Å². The third-order valence-corrected chi connectivity index (χ3v) is 8.15. The molecule has 1 aliphatic rings. The van der Waals surface area contributed by atoms with E-state index in [2.05, 4.69) is 10.6 Å². The van der Waals surface area contributed by atoms with Crippen LogP contribution in [0.3, 0.4) is 0 Å². The van der Waals surface area contributed by atoms with Crippen LogP contribution in [0.1, 0.15) is 64.2 Å². The molecule has 198 valence electrons. The number of nitrogens with zero attached hydrogens (tertiary/aromatic N) is 1. The van der Waals surface area contributed by atoms with Gasteiger partial charge in [0.2, 0.25) is 15.9 Å². The number of aliphatic hydroxyl groups is 2. The molecule has 9 nitrogen and oxygen atoms in total. The van der Waals surface area contributed by atoms with E-state index >= 15 is 0 Å². The Labute approximate surface area is 209 Å². The summed E-state index contributed by atoms with van der Waals surface area (Å²) in [6.45, 7) is 10.8. The number of carbonyl (C=O) groups excluding carboxylic acids is 2. The predicted octanol–water partition coefficient (Wildman–Crippen LogP) is 1.75. The van der Waals surface area contributed by atoms with Gasteiger partial charge in [-0.2, -0.15) is 4.31 Å². The second-order valence-electron chi connectivity index (χ2n) is 10.3. The van der Waals surface area contributed by atoms with Gasteiger partial charge in [-0.15, -0.1) is 0 Å². The molecule has 1 fully saturated rings. The molecule has 4 N–H and O–H groups in total. The Hall–Kier alpha value is -2.01. The summed E-state index contributed by atoms with van der Waals surface area (Å²) in [4.78, 5) is 25.4. The van der Waals surface area contributed by atoms with Crippen LogP contribution in [0.15, 0.2) is 29.2 Å². The first-order valence-electron chi connectivity index (χ1n) is 12.4. The summed E-state index contributed by atoms with van der Waals surface area (Å²) >= 11 is 0. The lowest BCUT2D eigenvalue weighted by molar-refractivity contribution is -0.132. The van der Waals surface area contributed by atoms with E-state index in [-0.39, 0.29) is 28.2 Å². The molecule has 0 saturated carbocycles. The second kappa shape index (κ2) is 12.8. The maximum atomic E-state index is 12.9. The van der Waals surface area contributed by atoms with E-state index < -0.39 is 40.1 Å². The van der Waals surface area contributed by atoms with Crippen LogP contribution < -0.4 is 10.6 Å². The van der Waals surface area contributed by atoms with Gasteiger partial charge in [0.15, 0.2) is 0 Å². The van der Waals surface area contributed by atoms with Gasteiger partial charge in [0.05, 0.1) is 23.0 Å². The van der Waals surface area contributed by atoms with Gasteiger partial charge in [-0.3, -0.25) is 9.59 Å². The molecule has 2 rings (SSSR count). The molecular weight excluding hydrogens is 470 g/mol. The van der Waals surface area contributed by atoms with Crippen molar-refractivity contribution in [2.45, 2.75) is 77.0 Å². The van der Waals surface area contributed by atoms with Crippen molar-refractivity contribution >= 4 is 21.8 Å². The molecule has 4 atom stereocenters. The van der Waals surface area contributed by atoms with E-state index in [9.17, 15) is 28.2 Å². The number of hydrogen-bond acceptors (Lipinski definition) is 6. The third kappa shape index (κ3) is 7.99. The highest BCUT2D eigenvalue weighted by atomic mass is 32.2. The molecule has 35 heavy (non-hydrogen) atoms. The molecule has 1 heterocycles. The average molecular weight is 512 g/mol. The molecule has 0 radical (unpaired) electrons. The second-order valence-corrected chi connectivity index (χ2v) is 12.2. The molecule has 10 heteroatoms. The van der Waals surface area contributed by atoms with Gasteiger partial charge in [-0.1, -0.05) is 34.6 Å². The highest BCUT2D eigenvalue weighted by Crippen LogP contribution is 2.22. The van der Waals surface area contributed by atoms with Gasteiger partial charge in [0.1, 0.15) is 6.10 Å². The largest absolute Gasteiger partial charge is 0.390 e. The molecule has 0 aromatic heterocycles. The summed E-state index contributed by atoms with van der Waals surface area (Å²) in [6, 6.07) is 4.90. The van der Waals surface area contributed by atoms with Crippen molar-refractivity contribution in [2.75, 3.05) is 19.6 Å². The number of benzene rings is 1. The van der Waals surface area contributed by atoms with Crippen LogP contribution in [0.5, 0.6) is 0 Å². The molecule has 0 aliphatic carbocycles.